The SMILES string of the molecule is [2H]N(C(C)=O)C1C(C)(C)C(Oc2ccc(C#N)c(C)c2)C1(C)C. The van der Waals surface area contributed by atoms with Crippen LogP contribution in [0.15, 0.2) is 18.2 Å². The summed E-state index contributed by atoms with van der Waals surface area (Å²) >= 11 is 0. The molecule has 4 nitrogen and oxygen atoms in total. The van der Waals surface area contributed by atoms with E-state index in [4.69, 9.17) is 11.4 Å². The van der Waals surface area contributed by atoms with Crippen molar-refractivity contribution in [3.05, 3.63) is 29.3 Å². The molecule has 0 bridgehead atoms. The van der Waals surface area contributed by atoms with E-state index in [1.165, 1.54) is 6.92 Å². The monoisotopic (exact) mass is 301 g/mol. The van der Waals surface area contributed by atoms with Crippen LogP contribution in [0.5, 0.6) is 5.75 Å². The van der Waals surface area contributed by atoms with Crippen molar-refractivity contribution in [2.24, 2.45) is 10.8 Å². The van der Waals surface area contributed by atoms with Gasteiger partial charge in [0.25, 0.3) is 0 Å². The van der Waals surface area contributed by atoms with Gasteiger partial charge in [0.15, 0.2) is 1.41 Å². The number of nitrogens with one attached hydrogen (secondary N) is 1. The van der Waals surface area contributed by atoms with Crippen molar-refractivity contribution in [3.63, 3.8) is 0 Å². The lowest BCUT2D eigenvalue weighted by molar-refractivity contribution is -0.172. The molecule has 1 fully saturated rings. The van der Waals surface area contributed by atoms with Crippen LogP contribution in [-0.2, 0) is 4.79 Å². The van der Waals surface area contributed by atoms with Gasteiger partial charge < -0.3 is 10.0 Å². The number of benzene rings is 1. The molecule has 1 aliphatic carbocycles. The normalized spacial score (nSPS) is 25.4. The Morgan fingerprint density at radius 1 is 1.36 bits per heavy atom. The van der Waals surface area contributed by atoms with Gasteiger partial charge in [0.2, 0.25) is 5.91 Å². The molecule has 118 valence electrons. The average Bonchev–Trinajstić information content (AvgIpc) is 2.43. The first-order chi connectivity index (χ1) is 10.5. The Bertz CT molecular complexity index is 660. The first-order valence-corrected chi connectivity index (χ1v) is 7.49. The maximum absolute atomic E-state index is 11.6. The molecule has 0 aromatic heterocycles. The summed E-state index contributed by atoms with van der Waals surface area (Å²) in [4.78, 5) is 11.6. The number of amides is 1. The van der Waals surface area contributed by atoms with Gasteiger partial charge in [-0.2, -0.15) is 5.26 Å². The zero-order chi connectivity index (χ0) is 17.6. The maximum atomic E-state index is 11.6. The Balaban J connectivity index is 2.26. The molecular weight excluding hydrogens is 276 g/mol. The number of carbonyl (C=O) groups is 1. The Morgan fingerprint density at radius 3 is 2.41 bits per heavy atom. The predicted octanol–water partition coefficient (Wildman–Crippen LogP) is 3.18. The highest BCUT2D eigenvalue weighted by Crippen LogP contribution is 2.55. The Hall–Kier alpha value is -2.02. The van der Waals surface area contributed by atoms with Crippen LogP contribution in [-0.4, -0.2) is 18.1 Å². The lowest BCUT2D eigenvalue weighted by Crippen LogP contribution is -2.74. The maximum Gasteiger partial charge on any atom is 0.217 e. The molecule has 0 unspecified atom stereocenters. The van der Waals surface area contributed by atoms with E-state index in [0.717, 1.165) is 10.9 Å². The summed E-state index contributed by atoms with van der Waals surface area (Å²) in [7, 11) is 0. The fourth-order valence-corrected chi connectivity index (χ4v) is 3.90. The van der Waals surface area contributed by atoms with E-state index in [0.29, 0.717) is 11.3 Å². The summed E-state index contributed by atoms with van der Waals surface area (Å²) < 4.78 is 14.2. The topological polar surface area (TPSA) is 62.1 Å². The van der Waals surface area contributed by atoms with Gasteiger partial charge in [-0.15, -0.1) is 0 Å². The van der Waals surface area contributed by atoms with Gasteiger partial charge in [-0.3, -0.25) is 4.79 Å². The smallest absolute Gasteiger partial charge is 0.217 e. The van der Waals surface area contributed by atoms with E-state index in [1.807, 2.05) is 40.7 Å². The van der Waals surface area contributed by atoms with Crippen LogP contribution < -0.4 is 10.0 Å². The van der Waals surface area contributed by atoms with E-state index < -0.39 is 0 Å². The number of hydrogen-bond donors (Lipinski definition) is 1. The third-order valence-corrected chi connectivity index (χ3v) is 4.64. The molecule has 1 aromatic rings. The van der Waals surface area contributed by atoms with E-state index >= 15 is 0 Å². The van der Waals surface area contributed by atoms with Gasteiger partial charge in [-0.05, 0) is 30.7 Å². The zero-order valence-corrected chi connectivity index (χ0v) is 14.1. The molecule has 1 N–H and O–H groups in total. The summed E-state index contributed by atoms with van der Waals surface area (Å²) in [6.45, 7) is 11.4. The highest BCUT2D eigenvalue weighted by Gasteiger charge is 2.63. The number of carbonyl (C=O) groups excluding carboxylic acids is 1. The van der Waals surface area contributed by atoms with Gasteiger partial charge in [-0.25, -0.2) is 0 Å². The van der Waals surface area contributed by atoms with E-state index in [-0.39, 0.29) is 28.9 Å². The van der Waals surface area contributed by atoms with Crippen molar-refractivity contribution in [1.29, 1.82) is 5.26 Å². The van der Waals surface area contributed by atoms with Gasteiger partial charge >= 0.3 is 0 Å². The van der Waals surface area contributed by atoms with Crippen molar-refractivity contribution in [3.8, 4) is 11.8 Å². The number of rotatable bonds is 3. The number of ether oxygens (including phenoxy) is 1. The second-order valence-corrected chi connectivity index (χ2v) is 7.28. The van der Waals surface area contributed by atoms with Crippen LogP contribution in [0.25, 0.3) is 0 Å². The molecule has 22 heavy (non-hydrogen) atoms. The zero-order valence-electron chi connectivity index (χ0n) is 15.1. The van der Waals surface area contributed by atoms with Gasteiger partial charge in [0.1, 0.15) is 11.9 Å². The van der Waals surface area contributed by atoms with Crippen molar-refractivity contribution in [2.45, 2.75) is 53.7 Å². The molecule has 2 rings (SSSR count). The first-order valence-electron chi connectivity index (χ1n) is 7.94. The number of nitrogens with zero attached hydrogens (tertiary/aromatic N) is 1. The van der Waals surface area contributed by atoms with Crippen molar-refractivity contribution in [2.75, 3.05) is 0 Å². The highest BCUT2D eigenvalue weighted by atomic mass is 16.5. The third-order valence-electron chi connectivity index (χ3n) is 4.64. The molecule has 0 atom stereocenters. The summed E-state index contributed by atoms with van der Waals surface area (Å²) in [5, 5.41) is 10.1. The number of nitriles is 1. The minimum atomic E-state index is -0.335. The van der Waals surface area contributed by atoms with Crippen LogP contribution >= 0.6 is 0 Å². The molecule has 0 saturated heterocycles. The van der Waals surface area contributed by atoms with Crippen LogP contribution in [0.2, 0.25) is 1.41 Å². The predicted molar refractivity (Wildman–Crippen MR) is 85.5 cm³/mol. The fraction of sp³-hybridized carbons (Fsp3) is 0.556. The van der Waals surface area contributed by atoms with E-state index in [1.54, 1.807) is 12.1 Å². The molecule has 1 saturated carbocycles. The van der Waals surface area contributed by atoms with Crippen LogP contribution in [0.1, 0.15) is 45.7 Å². The van der Waals surface area contributed by atoms with Gasteiger partial charge in [0, 0.05) is 23.8 Å². The molecule has 0 spiro atoms. The van der Waals surface area contributed by atoms with Gasteiger partial charge in [0.05, 0.1) is 11.6 Å². The molecule has 0 aliphatic heterocycles. The van der Waals surface area contributed by atoms with Crippen LogP contribution in [0.3, 0.4) is 0 Å². The molecular formula is C18H24N2O2. The average molecular weight is 301 g/mol. The highest BCUT2D eigenvalue weighted by molar-refractivity contribution is 5.73. The minimum Gasteiger partial charge on any atom is -0.489 e. The summed E-state index contributed by atoms with van der Waals surface area (Å²) in [5.41, 5.74) is 0.843. The summed E-state index contributed by atoms with van der Waals surface area (Å²) in [6.07, 6.45) is -0.125. The van der Waals surface area contributed by atoms with E-state index in [2.05, 4.69) is 6.07 Å². The van der Waals surface area contributed by atoms with Crippen LogP contribution in [0.4, 0.5) is 0 Å². The number of aryl methyl sites for hydroxylation is 1. The quantitative estimate of drug-likeness (QED) is 0.932. The summed E-state index contributed by atoms with van der Waals surface area (Å²) in [6, 6.07) is 7.35. The third kappa shape index (κ3) is 2.56. The molecule has 4 heteroatoms. The second kappa shape index (κ2) is 5.31. The Labute approximate surface area is 133 Å². The Kier molecular flexibility index (Phi) is 3.60. The lowest BCUT2D eigenvalue weighted by Gasteiger charge is -2.63. The van der Waals surface area contributed by atoms with E-state index in [9.17, 15) is 4.79 Å². The standard InChI is InChI=1S/C18H24N2O2/c1-11-9-14(8-7-13(11)10-19)22-16-17(3,4)15(18(16,5)6)20-12(2)21/h7-9,15-16H,1-6H3,(H,20,21)/i/hD. The van der Waals surface area contributed by atoms with Crippen molar-refractivity contribution >= 4 is 5.91 Å². The largest absolute Gasteiger partial charge is 0.489 e. The molecule has 1 aromatic carbocycles. The van der Waals surface area contributed by atoms with Crippen molar-refractivity contribution in [1.82, 2.24) is 5.31 Å². The minimum absolute atomic E-state index is 0.125. The van der Waals surface area contributed by atoms with Crippen LogP contribution in [0, 0.1) is 29.1 Å². The number of hydrogen-bond acceptors (Lipinski definition) is 3. The molecule has 1 amide bonds. The fourth-order valence-electron chi connectivity index (χ4n) is 3.90. The van der Waals surface area contributed by atoms with Crippen molar-refractivity contribution < 1.29 is 10.9 Å². The molecule has 1 aliphatic rings. The molecule has 0 radical (unpaired) electrons. The second-order valence-electron chi connectivity index (χ2n) is 7.28. The Morgan fingerprint density at radius 2 is 1.95 bits per heavy atom. The van der Waals surface area contributed by atoms with Gasteiger partial charge in [-0.1, -0.05) is 27.7 Å². The molecule has 0 heterocycles. The first kappa shape index (κ1) is 14.9. The lowest BCUT2D eigenvalue weighted by atomic mass is 9.49. The summed E-state index contributed by atoms with van der Waals surface area (Å²) in [5.74, 6) is 0.453.